The second-order valence-electron chi connectivity index (χ2n) is 17.1. The van der Waals surface area contributed by atoms with Crippen LogP contribution in [0.5, 0.6) is 0 Å². The molecule has 0 amide bonds. The first kappa shape index (κ1) is 56.3. The zero-order valence-electron chi connectivity index (χ0n) is 39.6. The highest BCUT2D eigenvalue weighted by Gasteiger charge is 2.53. The van der Waals surface area contributed by atoms with Crippen molar-refractivity contribution in [2.45, 2.75) is 67.5 Å². The molecule has 3 aliphatic rings. The van der Waals surface area contributed by atoms with E-state index in [0.29, 0.717) is 0 Å². The summed E-state index contributed by atoms with van der Waals surface area (Å²) in [6.07, 6.45) is -12.8. The number of phosphoric ester groups is 2. The fourth-order valence-corrected chi connectivity index (χ4v) is 13.3. The van der Waals surface area contributed by atoms with E-state index in [0.717, 1.165) is 30.7 Å². The highest BCUT2D eigenvalue weighted by atomic mass is 32.2. The van der Waals surface area contributed by atoms with E-state index in [1.807, 2.05) is 4.72 Å². The molecule has 39 nitrogen and oxygen atoms in total. The van der Waals surface area contributed by atoms with Crippen molar-refractivity contribution in [2.75, 3.05) is 57.8 Å². The van der Waals surface area contributed by atoms with Crippen LogP contribution < -0.4 is 37.6 Å². The lowest BCUT2D eigenvalue weighted by Gasteiger charge is -2.24. The van der Waals surface area contributed by atoms with Gasteiger partial charge in [-0.3, -0.25) is 42.3 Å². The summed E-state index contributed by atoms with van der Waals surface area (Å²) in [6.45, 7) is -3.27. The number of imidazole rings is 3. The van der Waals surface area contributed by atoms with Crippen molar-refractivity contribution >= 4 is 85.0 Å². The third-order valence-corrected chi connectivity index (χ3v) is 17.4. The molecule has 9 rings (SSSR count). The zero-order valence-corrected chi connectivity index (χ0v) is 43.1. The van der Waals surface area contributed by atoms with Gasteiger partial charge in [0.25, 0.3) is 17.1 Å². The number of anilines is 3. The largest absolute Gasteiger partial charge is 0.490 e. The molecule has 0 aliphatic carbocycles. The second kappa shape index (κ2) is 21.3. The number of aryl methyl sites for hydroxylation is 1. The average molecular weight is 1170 g/mol. The van der Waals surface area contributed by atoms with Crippen molar-refractivity contribution in [2.24, 2.45) is 13.0 Å². The predicted octanol–water partition coefficient (Wildman–Crippen LogP) is -5.09. The van der Waals surface area contributed by atoms with Crippen molar-refractivity contribution in [3.63, 3.8) is 0 Å². The van der Waals surface area contributed by atoms with Gasteiger partial charge in [0.05, 0.1) is 45.6 Å². The van der Waals surface area contributed by atoms with Gasteiger partial charge >= 0.3 is 39.4 Å². The van der Waals surface area contributed by atoms with Crippen molar-refractivity contribution in [3.8, 4) is 0 Å². The molecular formula is C34H48N16O23P3S+. The number of phosphoric acid groups is 3. The fraction of sp³-hybridized carbons (Fsp3) is 0.559. The number of aromatic amines is 2. The van der Waals surface area contributed by atoms with E-state index in [2.05, 4.69) is 48.5 Å². The molecule has 6 aromatic rings. The topological polar surface area (TPSA) is 551 Å². The molecule has 3 aliphatic heterocycles. The van der Waals surface area contributed by atoms with E-state index in [-0.39, 0.29) is 57.8 Å². The Kier molecular flexibility index (Phi) is 15.6. The average Bonchev–Trinajstić information content (AvgIpc) is 4.23. The highest BCUT2D eigenvalue weighted by Crippen LogP contribution is 2.68. The van der Waals surface area contributed by atoms with E-state index < -0.39 is 138 Å². The van der Waals surface area contributed by atoms with E-state index in [1.54, 1.807) is 0 Å². The Morgan fingerprint density at radius 1 is 0.753 bits per heavy atom. The van der Waals surface area contributed by atoms with E-state index in [1.165, 1.54) is 34.2 Å². The van der Waals surface area contributed by atoms with Crippen LogP contribution in [0.3, 0.4) is 0 Å². The maximum Gasteiger partial charge on any atom is 0.490 e. The molecule has 15 atom stereocenters. The Hall–Kier alpha value is -5.39. The number of hydrogen-bond acceptors (Lipinski definition) is 29. The first-order valence-electron chi connectivity index (χ1n) is 22.0. The van der Waals surface area contributed by atoms with E-state index >= 15 is 0 Å². The summed E-state index contributed by atoms with van der Waals surface area (Å²) < 4.78 is 126. The van der Waals surface area contributed by atoms with Crippen LogP contribution in [0, 0.1) is 5.92 Å². The smallest absolute Gasteiger partial charge is 0.387 e. The third kappa shape index (κ3) is 11.4. The number of methoxy groups -OCH3 is 2. The zero-order chi connectivity index (χ0) is 55.7. The molecule has 6 aromatic heterocycles. The number of aliphatic hydroxyl groups excluding tert-OH is 3. The molecule has 5 unspecified atom stereocenters. The summed E-state index contributed by atoms with van der Waals surface area (Å²) in [4.78, 5) is 85.3. The van der Waals surface area contributed by atoms with Crippen LogP contribution in [0.4, 0.5) is 17.7 Å². The van der Waals surface area contributed by atoms with Crippen LogP contribution in [0.2, 0.25) is 0 Å². The summed E-state index contributed by atoms with van der Waals surface area (Å²) >= 11 is 0. The summed E-state index contributed by atoms with van der Waals surface area (Å²) in [5.74, 6) is -1.70. The summed E-state index contributed by atoms with van der Waals surface area (Å²) in [7, 11) is -19.1. The molecule has 0 aromatic carbocycles. The number of hydrogen-bond donors (Lipinski definition) is 12. The van der Waals surface area contributed by atoms with Crippen LogP contribution in [-0.2, 0) is 76.6 Å². The molecular weight excluding hydrogens is 1130 g/mol. The molecule has 0 radical (unpaired) electrons. The van der Waals surface area contributed by atoms with Crippen LogP contribution in [0.1, 0.15) is 18.7 Å². The molecule has 43 heteroatoms. The van der Waals surface area contributed by atoms with Crippen LogP contribution in [-0.4, -0.2) is 181 Å². The molecule has 0 spiro atoms. The minimum absolute atomic E-state index is 0.0128. The van der Waals surface area contributed by atoms with Crippen molar-refractivity contribution in [1.29, 1.82) is 0 Å². The molecule has 3 saturated heterocycles. The normalized spacial score (nSPS) is 29.4. The van der Waals surface area contributed by atoms with Crippen LogP contribution in [0.15, 0.2) is 34.9 Å². The summed E-state index contributed by atoms with van der Waals surface area (Å²) in [5, 5.41) is 33.0. The van der Waals surface area contributed by atoms with Gasteiger partial charge in [-0.25, -0.2) is 42.4 Å². The Morgan fingerprint density at radius 2 is 1.38 bits per heavy atom. The first-order valence-corrected chi connectivity index (χ1v) is 27.9. The van der Waals surface area contributed by atoms with E-state index in [4.69, 9.17) is 54.1 Å². The number of nitrogens with two attached hydrogens (primary N) is 3. The lowest BCUT2D eigenvalue weighted by molar-refractivity contribution is -0.745. The number of H-pyrrole nitrogens is 2. The molecule has 77 heavy (non-hydrogen) atoms. The van der Waals surface area contributed by atoms with Crippen LogP contribution >= 0.6 is 23.5 Å². The number of ether oxygens (including phenoxy) is 5. The molecule has 0 saturated carbocycles. The summed E-state index contributed by atoms with van der Waals surface area (Å²) in [5.41, 5.74) is 15.7. The number of aromatic nitrogens is 12. The summed E-state index contributed by atoms with van der Waals surface area (Å²) in [6, 6.07) is 0. The standard InChI is InChI=1S/C34H47N16O23P3S/c1-47-11-50(27-18(47)29(55)46-34(37)44-27)30-19(51)12(5-64-2)14(69-30)6-66-74(56,57)72-76(60,61)73-75(58,59)67-7-15-22(23(65-3)32(70-15)48-9-40-16-24(35)38-8-39-25(16)48)71-77(62,63)42-4-13-20(52)21(53)31(68-13)49-10-41-17-26(49)43-33(36)45-28(17)54/h8-15,19-23,30-32,42,51-53H,4-7H2,1-3H3,(H10-,35,36,37,38,39,43,44,45,46,54,55,56,57,58,59,60,61)/p+1/t12-,13-,14-,15?,19-,20-,21-,22-,23-,30?,31-,32-/m1/s1. The lowest BCUT2D eigenvalue weighted by Crippen LogP contribution is -2.45. The lowest BCUT2D eigenvalue weighted by atomic mass is 9.99. The van der Waals surface area contributed by atoms with Crippen molar-refractivity contribution < 1.29 is 102 Å². The predicted molar refractivity (Wildman–Crippen MR) is 249 cm³/mol. The van der Waals surface area contributed by atoms with Gasteiger partial charge in [-0.15, -0.1) is 0 Å². The molecule has 15 N–H and O–H groups in total. The number of nitrogens with zero attached hydrogens (tertiary/aromatic N) is 10. The Balaban J connectivity index is 0.870. The molecule has 0 bridgehead atoms. The van der Waals surface area contributed by atoms with Gasteiger partial charge < -0.3 is 70.9 Å². The number of nitrogen functional groups attached to an aromatic ring is 3. The Morgan fingerprint density at radius 3 is 2.05 bits per heavy atom. The monoisotopic (exact) mass is 1170 g/mol. The molecule has 422 valence electrons. The minimum atomic E-state index is -6.18. The maximum absolute atomic E-state index is 13.7. The van der Waals surface area contributed by atoms with Gasteiger partial charge in [0.1, 0.15) is 54.6 Å². The van der Waals surface area contributed by atoms with Gasteiger partial charge in [-0.05, 0) is 0 Å². The minimum Gasteiger partial charge on any atom is -0.387 e. The highest BCUT2D eigenvalue weighted by molar-refractivity contribution is 7.84. The van der Waals surface area contributed by atoms with Gasteiger partial charge in [0.2, 0.25) is 17.7 Å². The molecule has 9 heterocycles. The van der Waals surface area contributed by atoms with Crippen molar-refractivity contribution in [1.82, 2.24) is 58.3 Å². The Bertz CT molecular complexity index is 3580. The first-order chi connectivity index (χ1) is 36.2. The number of nitrogens with one attached hydrogen (secondary N) is 3. The second-order valence-corrected chi connectivity index (χ2v) is 23.1. The van der Waals surface area contributed by atoms with E-state index in [9.17, 15) is 61.7 Å². The fourth-order valence-electron chi connectivity index (χ4n) is 8.81. The quantitative estimate of drug-likeness (QED) is 0.0237. The maximum atomic E-state index is 13.7. The number of fused-ring (bicyclic) bond motifs is 3. The van der Waals surface area contributed by atoms with Gasteiger partial charge in [0.15, 0.2) is 41.4 Å². The number of aliphatic hydroxyl groups is 3. The van der Waals surface area contributed by atoms with Gasteiger partial charge in [-0.2, -0.15) is 26.7 Å². The van der Waals surface area contributed by atoms with Crippen molar-refractivity contribution in [3.05, 3.63) is 46.0 Å². The van der Waals surface area contributed by atoms with Gasteiger partial charge in [0, 0.05) is 26.7 Å². The Labute approximate surface area is 428 Å². The SMILES string of the molecule is COC[C@@H]1[C@@H](COP(=O)(O)OP(=O)(O)OP(=O)(O)OCC2O[C@@H](n3cnc4c(N)ncnc43)[C@H](OC)[C@@H]2OS(=O)(=O)NC[C@H]2O[C@@H](n3cnc4c(=O)[nH]c(N)nc43)[C@H](O)[C@@H]2O)OC([n+]2cn(C)c3c(=O)[nH]c(N)nc32)[C@@H]1O. The number of rotatable bonds is 21. The van der Waals surface area contributed by atoms with Crippen LogP contribution in [0.25, 0.3) is 33.5 Å². The third-order valence-electron chi connectivity index (χ3n) is 12.1. The van der Waals surface area contributed by atoms with Gasteiger partial charge in [-0.1, -0.05) is 4.98 Å². The molecule has 3 fully saturated rings.